The van der Waals surface area contributed by atoms with Crippen LogP contribution in [0.3, 0.4) is 0 Å². The number of hydrogen-bond donors (Lipinski definition) is 0. The summed E-state index contributed by atoms with van der Waals surface area (Å²) in [7, 11) is 0. The smallest absolute Gasteiger partial charge is 0.342 e. The van der Waals surface area contributed by atoms with Crippen LogP contribution in [-0.2, 0) is 11.3 Å². The number of ether oxygens (including phenoxy) is 1. The monoisotopic (exact) mass is 381 g/mol. The predicted octanol–water partition coefficient (Wildman–Crippen LogP) is 4.72. The third-order valence-corrected chi connectivity index (χ3v) is 5.43. The first-order chi connectivity index (χ1) is 12.7. The van der Waals surface area contributed by atoms with Crippen molar-refractivity contribution in [3.63, 3.8) is 0 Å². The molecule has 130 valence electrons. The summed E-state index contributed by atoms with van der Waals surface area (Å²) in [5, 5.41) is 9.43. The number of aryl methyl sites for hydroxylation is 1. The van der Waals surface area contributed by atoms with Crippen molar-refractivity contribution < 1.29 is 9.53 Å². The highest BCUT2D eigenvalue weighted by Crippen LogP contribution is 2.28. The van der Waals surface area contributed by atoms with E-state index in [0.29, 0.717) is 11.3 Å². The van der Waals surface area contributed by atoms with Gasteiger partial charge in [0.1, 0.15) is 17.9 Å². The normalized spacial score (nSPS) is 10.8. The fourth-order valence-electron chi connectivity index (χ4n) is 2.52. The summed E-state index contributed by atoms with van der Waals surface area (Å²) in [6, 6.07) is 13.6. The highest BCUT2D eigenvalue weighted by atomic mass is 32.1. The van der Waals surface area contributed by atoms with Gasteiger partial charge in [-0.05, 0) is 30.5 Å². The van der Waals surface area contributed by atoms with E-state index in [1.807, 2.05) is 60.1 Å². The number of carbonyl (C=O) groups is 1. The molecule has 0 aliphatic rings. The second kappa shape index (κ2) is 7.23. The fourth-order valence-corrected chi connectivity index (χ4v) is 3.84. The molecule has 26 heavy (non-hydrogen) atoms. The van der Waals surface area contributed by atoms with E-state index in [-0.39, 0.29) is 6.61 Å². The van der Waals surface area contributed by atoms with E-state index < -0.39 is 5.97 Å². The molecule has 0 aliphatic heterocycles. The minimum Gasteiger partial charge on any atom is -0.455 e. The molecule has 7 heteroatoms. The molecular formula is C19H15N3O2S2. The SMILES string of the molecule is Cc1nc(COC(=O)c2cn(-c3ccccc3)nc2-c2cccs2)cs1. The molecule has 0 saturated heterocycles. The lowest BCUT2D eigenvalue weighted by Gasteiger charge is -2.02. The van der Waals surface area contributed by atoms with Crippen LogP contribution in [0.25, 0.3) is 16.3 Å². The van der Waals surface area contributed by atoms with Gasteiger partial charge in [-0.2, -0.15) is 5.10 Å². The van der Waals surface area contributed by atoms with Gasteiger partial charge in [0.2, 0.25) is 0 Å². The Morgan fingerprint density at radius 2 is 2.00 bits per heavy atom. The minimum atomic E-state index is -0.402. The zero-order valence-corrected chi connectivity index (χ0v) is 15.6. The van der Waals surface area contributed by atoms with Crippen LogP contribution >= 0.6 is 22.7 Å². The summed E-state index contributed by atoms with van der Waals surface area (Å²) in [4.78, 5) is 17.9. The predicted molar refractivity (Wildman–Crippen MR) is 103 cm³/mol. The largest absolute Gasteiger partial charge is 0.455 e. The topological polar surface area (TPSA) is 57.0 Å². The average Bonchev–Trinajstić information content (AvgIpc) is 3.40. The molecule has 0 aliphatic carbocycles. The first-order valence-electron chi connectivity index (χ1n) is 7.98. The Balaban J connectivity index is 1.65. The maximum absolute atomic E-state index is 12.7. The molecule has 0 bridgehead atoms. The lowest BCUT2D eigenvalue weighted by Crippen LogP contribution is -2.06. The van der Waals surface area contributed by atoms with Crippen molar-refractivity contribution in [3.05, 3.63) is 75.7 Å². The quantitative estimate of drug-likeness (QED) is 0.469. The Bertz CT molecular complexity index is 1020. The van der Waals surface area contributed by atoms with Gasteiger partial charge in [-0.25, -0.2) is 14.5 Å². The Morgan fingerprint density at radius 3 is 2.69 bits per heavy atom. The molecule has 0 atom stereocenters. The first-order valence-corrected chi connectivity index (χ1v) is 9.74. The molecule has 0 N–H and O–H groups in total. The van der Waals surface area contributed by atoms with Gasteiger partial charge in [-0.3, -0.25) is 0 Å². The Hall–Kier alpha value is -2.77. The second-order valence-corrected chi connectivity index (χ2v) is 7.59. The standard InChI is InChI=1S/C19H15N3O2S2/c1-13-20-14(12-26-13)11-24-19(23)16-10-22(15-6-3-2-4-7-15)21-18(16)17-8-5-9-25-17/h2-10,12H,11H2,1H3. The molecule has 0 amide bonds. The van der Waals surface area contributed by atoms with E-state index in [1.165, 1.54) is 22.7 Å². The van der Waals surface area contributed by atoms with Crippen LogP contribution in [-0.4, -0.2) is 20.7 Å². The third kappa shape index (κ3) is 3.44. The highest BCUT2D eigenvalue weighted by Gasteiger charge is 2.21. The lowest BCUT2D eigenvalue weighted by molar-refractivity contribution is 0.0469. The van der Waals surface area contributed by atoms with E-state index in [2.05, 4.69) is 10.1 Å². The van der Waals surface area contributed by atoms with Crippen molar-refractivity contribution in [2.45, 2.75) is 13.5 Å². The summed E-state index contributed by atoms with van der Waals surface area (Å²) >= 11 is 3.08. The van der Waals surface area contributed by atoms with Crippen LogP contribution in [0.5, 0.6) is 0 Å². The Morgan fingerprint density at radius 1 is 1.15 bits per heavy atom. The number of nitrogens with zero attached hydrogens (tertiary/aromatic N) is 3. The van der Waals surface area contributed by atoms with E-state index >= 15 is 0 Å². The highest BCUT2D eigenvalue weighted by molar-refractivity contribution is 7.13. The van der Waals surface area contributed by atoms with Crippen molar-refractivity contribution in [3.8, 4) is 16.3 Å². The van der Waals surface area contributed by atoms with Crippen LogP contribution < -0.4 is 0 Å². The van der Waals surface area contributed by atoms with Crippen molar-refractivity contribution in [1.82, 2.24) is 14.8 Å². The van der Waals surface area contributed by atoms with Crippen LogP contribution in [0, 0.1) is 6.92 Å². The van der Waals surface area contributed by atoms with Gasteiger partial charge < -0.3 is 4.74 Å². The molecule has 0 unspecified atom stereocenters. The molecule has 4 rings (SSSR count). The van der Waals surface area contributed by atoms with Crippen molar-refractivity contribution in [2.75, 3.05) is 0 Å². The summed E-state index contributed by atoms with van der Waals surface area (Å²) in [6.45, 7) is 2.08. The van der Waals surface area contributed by atoms with Gasteiger partial charge in [0.15, 0.2) is 0 Å². The molecule has 5 nitrogen and oxygen atoms in total. The number of aromatic nitrogens is 3. The molecule has 4 aromatic rings. The van der Waals surface area contributed by atoms with E-state index in [1.54, 1.807) is 10.9 Å². The van der Waals surface area contributed by atoms with E-state index in [9.17, 15) is 4.79 Å². The van der Waals surface area contributed by atoms with Gasteiger partial charge >= 0.3 is 5.97 Å². The van der Waals surface area contributed by atoms with Gasteiger partial charge in [0, 0.05) is 11.6 Å². The maximum Gasteiger partial charge on any atom is 0.342 e. The number of hydrogen-bond acceptors (Lipinski definition) is 6. The number of thiazole rings is 1. The number of rotatable bonds is 5. The molecule has 0 saturated carbocycles. The summed E-state index contributed by atoms with van der Waals surface area (Å²) in [6.07, 6.45) is 1.72. The molecule has 3 aromatic heterocycles. The minimum absolute atomic E-state index is 0.156. The van der Waals surface area contributed by atoms with Gasteiger partial charge in [-0.15, -0.1) is 22.7 Å². The van der Waals surface area contributed by atoms with Crippen molar-refractivity contribution in [1.29, 1.82) is 0 Å². The van der Waals surface area contributed by atoms with Gasteiger partial charge in [0.05, 0.1) is 21.3 Å². The van der Waals surface area contributed by atoms with Crippen molar-refractivity contribution >= 4 is 28.6 Å². The Kier molecular flexibility index (Phi) is 4.64. The van der Waals surface area contributed by atoms with Crippen LogP contribution in [0.2, 0.25) is 0 Å². The molecular weight excluding hydrogens is 366 g/mol. The average molecular weight is 381 g/mol. The van der Waals surface area contributed by atoms with Crippen molar-refractivity contribution in [2.24, 2.45) is 0 Å². The Labute approximate surface area is 158 Å². The zero-order valence-electron chi connectivity index (χ0n) is 14.0. The van der Waals surface area contributed by atoms with E-state index in [4.69, 9.17) is 4.74 Å². The molecule has 3 heterocycles. The third-order valence-electron chi connectivity index (χ3n) is 3.73. The number of para-hydroxylation sites is 1. The van der Waals surface area contributed by atoms with Crippen LogP contribution in [0.1, 0.15) is 21.1 Å². The molecule has 0 spiro atoms. The van der Waals surface area contributed by atoms with Gasteiger partial charge in [0.25, 0.3) is 0 Å². The zero-order chi connectivity index (χ0) is 17.9. The van der Waals surface area contributed by atoms with Gasteiger partial charge in [-0.1, -0.05) is 24.3 Å². The summed E-state index contributed by atoms with van der Waals surface area (Å²) in [5.74, 6) is -0.402. The second-order valence-electron chi connectivity index (χ2n) is 5.58. The van der Waals surface area contributed by atoms with Crippen LogP contribution in [0.15, 0.2) is 59.4 Å². The number of carbonyl (C=O) groups excluding carboxylic acids is 1. The molecule has 0 radical (unpaired) electrons. The lowest BCUT2D eigenvalue weighted by atomic mass is 10.2. The molecule has 1 aromatic carbocycles. The summed E-state index contributed by atoms with van der Waals surface area (Å²) in [5.41, 5.74) is 2.72. The first kappa shape index (κ1) is 16.7. The molecule has 0 fully saturated rings. The fraction of sp³-hybridized carbons (Fsp3) is 0.105. The summed E-state index contributed by atoms with van der Waals surface area (Å²) < 4.78 is 7.18. The van der Waals surface area contributed by atoms with Crippen LogP contribution in [0.4, 0.5) is 0 Å². The number of thiophene rings is 1. The number of benzene rings is 1. The number of esters is 1. The van der Waals surface area contributed by atoms with E-state index in [0.717, 1.165) is 21.3 Å². The maximum atomic E-state index is 12.7.